The van der Waals surface area contributed by atoms with Gasteiger partial charge in [-0.25, -0.2) is 0 Å². The van der Waals surface area contributed by atoms with E-state index in [4.69, 9.17) is 9.47 Å². The van der Waals surface area contributed by atoms with Gasteiger partial charge in [-0.1, -0.05) is 221 Å². The molecule has 0 radical (unpaired) electrons. The maximum atomic E-state index is 6.85. The van der Waals surface area contributed by atoms with Crippen molar-refractivity contribution < 1.29 is 9.47 Å². The third-order valence-corrected chi connectivity index (χ3v) is 19.2. The molecular weight excluding hydrogens is 859 g/mol. The minimum absolute atomic E-state index is 0.261. The van der Waals surface area contributed by atoms with Crippen LogP contribution in [-0.2, 0) is 9.47 Å². The van der Waals surface area contributed by atoms with Crippen molar-refractivity contribution in [1.82, 2.24) is 4.90 Å². The minimum atomic E-state index is -0.326. The number of nitrogens with zero attached hydrogens (tertiary/aromatic N) is 1. The normalized spacial score (nSPS) is 15.0. The van der Waals surface area contributed by atoms with Crippen LogP contribution < -0.4 is 0 Å². The molecule has 1 aliphatic rings. The van der Waals surface area contributed by atoms with Gasteiger partial charge in [0.25, 0.3) is 0 Å². The van der Waals surface area contributed by atoms with Crippen molar-refractivity contribution in [3.8, 4) is 0 Å². The Kier molecular flexibility index (Phi) is 53.2. The van der Waals surface area contributed by atoms with Crippen molar-refractivity contribution in [3.05, 3.63) is 0 Å². The zero-order valence-electron chi connectivity index (χ0n) is 44.9. The second-order valence-electron chi connectivity index (χ2n) is 19.6. The molecule has 0 bridgehead atoms. The molecule has 0 aromatic heterocycles. The standard InChI is InChI=1S/C55H111NO2S4.C2H6/c1-7-11-15-19-29-37-47-59-53(60-48-38-30-20-16-12-8-2)41-33-25-23-27-35-44-55(57-51-52(58-55)43-46-56(5)6)45-36-28-24-26-34-42-54(61-49-39-31-21-17-13-9-3)62-50-40-32-22-18-14-10-4;1-2/h52-54H,7-51H2,1-6H3;1-2H3. The smallest absolute Gasteiger partial charge is 0.168 e. The second-order valence-corrected chi connectivity index (χ2v) is 25.4. The molecule has 0 spiro atoms. The van der Waals surface area contributed by atoms with Gasteiger partial charge in [0.05, 0.1) is 21.9 Å². The van der Waals surface area contributed by atoms with E-state index in [-0.39, 0.29) is 11.9 Å². The van der Waals surface area contributed by atoms with Gasteiger partial charge in [0.1, 0.15) is 0 Å². The molecule has 1 fully saturated rings. The van der Waals surface area contributed by atoms with Crippen LogP contribution in [0.5, 0.6) is 0 Å². The van der Waals surface area contributed by atoms with E-state index in [2.05, 4.69) is 93.7 Å². The van der Waals surface area contributed by atoms with Gasteiger partial charge in [0.2, 0.25) is 0 Å². The predicted molar refractivity (Wildman–Crippen MR) is 304 cm³/mol. The first kappa shape index (κ1) is 65.3. The Labute approximate surface area is 422 Å². The summed E-state index contributed by atoms with van der Waals surface area (Å²) in [6.45, 7) is 15.2. The van der Waals surface area contributed by atoms with Gasteiger partial charge in [-0.15, -0.1) is 47.0 Å². The van der Waals surface area contributed by atoms with E-state index < -0.39 is 0 Å². The molecule has 1 unspecified atom stereocenters. The summed E-state index contributed by atoms with van der Waals surface area (Å²) in [6.07, 6.45) is 53.8. The first-order chi connectivity index (χ1) is 31.5. The zero-order valence-corrected chi connectivity index (χ0v) is 48.2. The van der Waals surface area contributed by atoms with Crippen molar-refractivity contribution in [2.24, 2.45) is 0 Å². The van der Waals surface area contributed by atoms with Crippen LogP contribution >= 0.6 is 47.0 Å². The van der Waals surface area contributed by atoms with E-state index in [1.807, 2.05) is 13.8 Å². The molecule has 64 heavy (non-hydrogen) atoms. The van der Waals surface area contributed by atoms with Gasteiger partial charge < -0.3 is 14.4 Å². The number of unbranched alkanes of at least 4 members (excludes halogenated alkanes) is 28. The van der Waals surface area contributed by atoms with Crippen LogP contribution in [0, 0.1) is 0 Å². The maximum Gasteiger partial charge on any atom is 0.168 e. The highest BCUT2D eigenvalue weighted by molar-refractivity contribution is 8.17. The van der Waals surface area contributed by atoms with Crippen molar-refractivity contribution in [2.45, 2.75) is 313 Å². The summed E-state index contributed by atoms with van der Waals surface area (Å²) >= 11 is 9.19. The number of thioether (sulfide) groups is 4. The van der Waals surface area contributed by atoms with Gasteiger partial charge in [0.15, 0.2) is 5.79 Å². The highest BCUT2D eigenvalue weighted by atomic mass is 32.2. The monoisotopic (exact) mass is 976 g/mol. The molecule has 0 saturated carbocycles. The molecule has 0 amide bonds. The van der Waals surface area contributed by atoms with E-state index in [0.717, 1.165) is 41.6 Å². The van der Waals surface area contributed by atoms with E-state index >= 15 is 0 Å². The Morgan fingerprint density at radius 1 is 0.422 bits per heavy atom. The SMILES string of the molecule is CC.CCCCCCCCSC(CCCCCCCC1(CCCCCCCC(SCCCCCCCC)SCCCCCCCC)OCC(CCN(C)C)O1)SCCCCCCCC. The summed E-state index contributed by atoms with van der Waals surface area (Å²) in [6, 6.07) is 0. The molecule has 1 rings (SSSR count). The molecule has 1 saturated heterocycles. The van der Waals surface area contributed by atoms with Gasteiger partial charge in [-0.2, -0.15) is 0 Å². The third kappa shape index (κ3) is 43.3. The number of hydrogen-bond acceptors (Lipinski definition) is 7. The van der Waals surface area contributed by atoms with Crippen LogP contribution in [-0.4, -0.2) is 76.2 Å². The Bertz CT molecular complexity index is 791. The fourth-order valence-electron chi connectivity index (χ4n) is 8.84. The lowest BCUT2D eigenvalue weighted by Crippen LogP contribution is -2.31. The molecule has 0 aromatic rings. The Morgan fingerprint density at radius 3 is 1.05 bits per heavy atom. The van der Waals surface area contributed by atoms with Crippen molar-refractivity contribution in [1.29, 1.82) is 0 Å². The van der Waals surface area contributed by atoms with Crippen molar-refractivity contribution in [3.63, 3.8) is 0 Å². The van der Waals surface area contributed by atoms with E-state index in [1.54, 1.807) is 0 Å². The largest absolute Gasteiger partial charge is 0.347 e. The van der Waals surface area contributed by atoms with Crippen LogP contribution in [0.4, 0.5) is 0 Å². The van der Waals surface area contributed by atoms with Gasteiger partial charge >= 0.3 is 0 Å². The molecule has 7 heteroatoms. The molecule has 0 aliphatic carbocycles. The summed E-state index contributed by atoms with van der Waals surface area (Å²) in [5.74, 6) is 5.16. The van der Waals surface area contributed by atoms with Crippen molar-refractivity contribution in [2.75, 3.05) is 50.3 Å². The summed E-state index contributed by atoms with van der Waals surface area (Å²) < 4.78 is 15.1. The molecule has 0 N–H and O–H groups in total. The molecule has 3 nitrogen and oxygen atoms in total. The lowest BCUT2D eigenvalue weighted by Gasteiger charge is -2.29. The first-order valence-corrected chi connectivity index (χ1v) is 33.1. The lowest BCUT2D eigenvalue weighted by molar-refractivity contribution is -0.180. The molecular formula is C57H117NO2S4. The molecule has 1 aliphatic heterocycles. The average Bonchev–Trinajstić information content (AvgIpc) is 3.71. The Morgan fingerprint density at radius 2 is 0.719 bits per heavy atom. The quantitative estimate of drug-likeness (QED) is 0.0442. The Hall–Kier alpha value is 1.28. The van der Waals surface area contributed by atoms with E-state index in [0.29, 0.717) is 0 Å². The fourth-order valence-corrected chi connectivity index (χ4v) is 14.6. The Balaban J connectivity index is 0.0000195. The van der Waals surface area contributed by atoms with Crippen LogP contribution in [0.15, 0.2) is 0 Å². The van der Waals surface area contributed by atoms with E-state index in [1.165, 1.54) is 254 Å². The van der Waals surface area contributed by atoms with Gasteiger partial charge in [-0.3, -0.25) is 0 Å². The summed E-state index contributed by atoms with van der Waals surface area (Å²) in [4.78, 5) is 2.29. The van der Waals surface area contributed by atoms with Crippen molar-refractivity contribution >= 4 is 47.0 Å². The molecule has 1 heterocycles. The third-order valence-electron chi connectivity index (χ3n) is 13.0. The predicted octanol–water partition coefficient (Wildman–Crippen LogP) is 20.6. The van der Waals surface area contributed by atoms with Crippen LogP contribution in [0.2, 0.25) is 0 Å². The molecule has 386 valence electrons. The maximum absolute atomic E-state index is 6.85. The average molecular weight is 977 g/mol. The summed E-state index contributed by atoms with van der Waals surface area (Å²) in [5, 5.41) is 0. The minimum Gasteiger partial charge on any atom is -0.347 e. The van der Waals surface area contributed by atoms with E-state index in [9.17, 15) is 0 Å². The molecule has 0 aromatic carbocycles. The summed E-state index contributed by atoms with van der Waals surface area (Å²) in [7, 11) is 4.36. The topological polar surface area (TPSA) is 21.7 Å². The fraction of sp³-hybridized carbons (Fsp3) is 1.00. The van der Waals surface area contributed by atoms with Crippen LogP contribution in [0.25, 0.3) is 0 Å². The van der Waals surface area contributed by atoms with Crippen LogP contribution in [0.3, 0.4) is 0 Å². The van der Waals surface area contributed by atoms with Gasteiger partial charge in [-0.05, 0) is 94.9 Å². The number of rotatable bonds is 51. The molecule has 1 atom stereocenters. The summed E-state index contributed by atoms with van der Waals surface area (Å²) in [5.41, 5.74) is 0. The number of ether oxygens (including phenoxy) is 2. The van der Waals surface area contributed by atoms with Crippen LogP contribution in [0.1, 0.15) is 292 Å². The first-order valence-electron chi connectivity index (χ1n) is 28.9. The number of hydrogen-bond donors (Lipinski definition) is 0. The highest BCUT2D eigenvalue weighted by Gasteiger charge is 2.40. The second kappa shape index (κ2) is 52.1. The lowest BCUT2D eigenvalue weighted by atomic mass is 9.99. The van der Waals surface area contributed by atoms with Gasteiger partial charge in [0, 0.05) is 19.4 Å². The zero-order chi connectivity index (χ0) is 46.9. The highest BCUT2D eigenvalue weighted by Crippen LogP contribution is 2.37.